The third-order valence-corrected chi connectivity index (χ3v) is 3.51. The lowest BCUT2D eigenvalue weighted by Crippen LogP contribution is -2.29. The molecule has 0 aliphatic heterocycles. The lowest BCUT2D eigenvalue weighted by atomic mass is 10.1. The fourth-order valence-electron chi connectivity index (χ4n) is 2.29. The number of carbonyl (C=O) groups excluding carboxylic acids is 1. The Labute approximate surface area is 141 Å². The molecule has 2 rings (SSSR count). The second-order valence-corrected chi connectivity index (χ2v) is 5.90. The molecule has 2 aromatic carbocycles. The number of amides is 1. The van der Waals surface area contributed by atoms with E-state index in [0.717, 1.165) is 0 Å². The van der Waals surface area contributed by atoms with Crippen molar-refractivity contribution >= 4 is 5.91 Å². The standard InChI is InChI=1S/C19H22FNO3/c1-12(2)24-15-8-5-7-14(10-15)17(22)11-21-19(23)16-9-4-6-13(3)18(16)20/h4-10,12,17,22H,11H2,1-3H3,(H,21,23). The van der Waals surface area contributed by atoms with E-state index in [4.69, 9.17) is 4.74 Å². The lowest BCUT2D eigenvalue weighted by Gasteiger charge is -2.15. The quantitative estimate of drug-likeness (QED) is 0.853. The summed E-state index contributed by atoms with van der Waals surface area (Å²) in [6.45, 7) is 5.41. The number of hydrogen-bond donors (Lipinski definition) is 2. The van der Waals surface area contributed by atoms with Crippen molar-refractivity contribution in [2.24, 2.45) is 0 Å². The molecule has 2 aromatic rings. The highest BCUT2D eigenvalue weighted by Crippen LogP contribution is 2.20. The summed E-state index contributed by atoms with van der Waals surface area (Å²) in [6.07, 6.45) is -0.876. The Kier molecular flexibility index (Phi) is 5.93. The van der Waals surface area contributed by atoms with Gasteiger partial charge in [0.15, 0.2) is 0 Å². The zero-order valence-electron chi connectivity index (χ0n) is 14.0. The van der Waals surface area contributed by atoms with E-state index in [1.807, 2.05) is 13.8 Å². The third kappa shape index (κ3) is 4.55. The fourth-order valence-corrected chi connectivity index (χ4v) is 2.29. The summed E-state index contributed by atoms with van der Waals surface area (Å²) in [5.41, 5.74) is 0.999. The molecule has 0 aromatic heterocycles. The number of nitrogens with one attached hydrogen (secondary N) is 1. The maximum Gasteiger partial charge on any atom is 0.254 e. The Morgan fingerprint density at radius 2 is 1.96 bits per heavy atom. The van der Waals surface area contributed by atoms with Gasteiger partial charge in [0, 0.05) is 6.54 Å². The Bertz CT molecular complexity index is 716. The van der Waals surface area contributed by atoms with Gasteiger partial charge in [0.05, 0.1) is 17.8 Å². The average molecular weight is 331 g/mol. The molecule has 0 heterocycles. The summed E-state index contributed by atoms with van der Waals surface area (Å²) in [7, 11) is 0. The molecule has 0 fully saturated rings. The van der Waals surface area contributed by atoms with Crippen molar-refractivity contribution in [2.75, 3.05) is 6.54 Å². The van der Waals surface area contributed by atoms with Crippen LogP contribution in [0.15, 0.2) is 42.5 Å². The molecule has 0 bridgehead atoms. The highest BCUT2D eigenvalue weighted by atomic mass is 19.1. The minimum Gasteiger partial charge on any atom is -0.491 e. The van der Waals surface area contributed by atoms with Gasteiger partial charge in [0.2, 0.25) is 0 Å². The topological polar surface area (TPSA) is 58.6 Å². The van der Waals surface area contributed by atoms with Gasteiger partial charge in [0.25, 0.3) is 5.91 Å². The summed E-state index contributed by atoms with van der Waals surface area (Å²) in [6, 6.07) is 11.7. The van der Waals surface area contributed by atoms with Crippen molar-refractivity contribution in [2.45, 2.75) is 33.0 Å². The van der Waals surface area contributed by atoms with Crippen LogP contribution in [0.5, 0.6) is 5.75 Å². The van der Waals surface area contributed by atoms with Crippen molar-refractivity contribution in [3.8, 4) is 5.75 Å². The van der Waals surface area contributed by atoms with Crippen molar-refractivity contribution in [1.29, 1.82) is 0 Å². The van der Waals surface area contributed by atoms with Gasteiger partial charge in [-0.1, -0.05) is 24.3 Å². The van der Waals surface area contributed by atoms with E-state index in [1.54, 1.807) is 43.3 Å². The molecule has 1 atom stereocenters. The molecule has 0 aliphatic rings. The van der Waals surface area contributed by atoms with Gasteiger partial charge in [-0.2, -0.15) is 0 Å². The number of aliphatic hydroxyl groups excluding tert-OH is 1. The number of rotatable bonds is 6. The molecular weight excluding hydrogens is 309 g/mol. The molecule has 0 radical (unpaired) electrons. The van der Waals surface area contributed by atoms with E-state index in [2.05, 4.69) is 5.32 Å². The first-order valence-corrected chi connectivity index (χ1v) is 7.86. The number of aliphatic hydroxyl groups is 1. The number of benzene rings is 2. The summed E-state index contributed by atoms with van der Waals surface area (Å²) in [5, 5.41) is 12.8. The molecule has 0 spiro atoms. The number of halogens is 1. The van der Waals surface area contributed by atoms with Crippen LogP contribution in [0.25, 0.3) is 0 Å². The van der Waals surface area contributed by atoms with Crippen LogP contribution in [0.1, 0.15) is 41.4 Å². The normalized spacial score (nSPS) is 12.1. The van der Waals surface area contributed by atoms with Crippen LogP contribution >= 0.6 is 0 Å². The predicted octanol–water partition coefficient (Wildman–Crippen LogP) is 3.38. The fraction of sp³-hybridized carbons (Fsp3) is 0.316. The molecule has 128 valence electrons. The van der Waals surface area contributed by atoms with E-state index in [9.17, 15) is 14.3 Å². The van der Waals surface area contributed by atoms with E-state index >= 15 is 0 Å². The van der Waals surface area contributed by atoms with E-state index < -0.39 is 17.8 Å². The van der Waals surface area contributed by atoms with Crippen molar-refractivity contribution < 1.29 is 19.0 Å². The van der Waals surface area contributed by atoms with E-state index in [0.29, 0.717) is 16.9 Å². The molecule has 1 unspecified atom stereocenters. The van der Waals surface area contributed by atoms with Gasteiger partial charge in [-0.05, 0) is 50.1 Å². The molecule has 0 saturated carbocycles. The zero-order chi connectivity index (χ0) is 17.7. The Morgan fingerprint density at radius 3 is 2.67 bits per heavy atom. The van der Waals surface area contributed by atoms with E-state index in [-0.39, 0.29) is 18.2 Å². The van der Waals surface area contributed by atoms with Crippen LogP contribution in [-0.4, -0.2) is 23.7 Å². The molecule has 5 heteroatoms. The molecule has 0 aliphatic carbocycles. The Morgan fingerprint density at radius 1 is 1.25 bits per heavy atom. The maximum absolute atomic E-state index is 13.9. The minimum atomic E-state index is -0.905. The van der Waals surface area contributed by atoms with Gasteiger partial charge in [-0.15, -0.1) is 0 Å². The number of hydrogen-bond acceptors (Lipinski definition) is 3. The monoisotopic (exact) mass is 331 g/mol. The number of aryl methyl sites for hydroxylation is 1. The third-order valence-electron chi connectivity index (χ3n) is 3.51. The minimum absolute atomic E-state index is 0.0165. The first-order chi connectivity index (χ1) is 11.4. The van der Waals surface area contributed by atoms with Crippen LogP contribution in [-0.2, 0) is 0 Å². The van der Waals surface area contributed by atoms with Crippen LogP contribution in [0, 0.1) is 12.7 Å². The summed E-state index contributed by atoms with van der Waals surface area (Å²) in [4.78, 5) is 12.1. The van der Waals surface area contributed by atoms with Crippen LogP contribution < -0.4 is 10.1 Å². The Hall–Kier alpha value is -2.40. The van der Waals surface area contributed by atoms with Gasteiger partial charge in [-0.3, -0.25) is 4.79 Å². The SMILES string of the molecule is Cc1cccc(C(=O)NCC(O)c2cccc(OC(C)C)c2)c1F. The van der Waals surface area contributed by atoms with Crippen LogP contribution in [0.2, 0.25) is 0 Å². The Balaban J connectivity index is 2.01. The number of ether oxygens (including phenoxy) is 1. The summed E-state index contributed by atoms with van der Waals surface area (Å²) in [5.74, 6) is -0.445. The highest BCUT2D eigenvalue weighted by Gasteiger charge is 2.15. The second kappa shape index (κ2) is 7.93. The van der Waals surface area contributed by atoms with Gasteiger partial charge in [0.1, 0.15) is 11.6 Å². The second-order valence-electron chi connectivity index (χ2n) is 5.90. The van der Waals surface area contributed by atoms with Gasteiger partial charge in [-0.25, -0.2) is 4.39 Å². The summed E-state index contributed by atoms with van der Waals surface area (Å²) >= 11 is 0. The molecule has 0 saturated heterocycles. The molecule has 24 heavy (non-hydrogen) atoms. The first kappa shape index (κ1) is 17.9. The van der Waals surface area contributed by atoms with Gasteiger partial charge >= 0.3 is 0 Å². The molecule has 1 amide bonds. The lowest BCUT2D eigenvalue weighted by molar-refractivity contribution is 0.0912. The molecular formula is C19H22FNO3. The highest BCUT2D eigenvalue weighted by molar-refractivity contribution is 5.94. The largest absolute Gasteiger partial charge is 0.491 e. The summed E-state index contributed by atoms with van der Waals surface area (Å²) < 4.78 is 19.5. The van der Waals surface area contributed by atoms with Crippen molar-refractivity contribution in [3.05, 3.63) is 65.0 Å². The van der Waals surface area contributed by atoms with Crippen molar-refractivity contribution in [1.82, 2.24) is 5.32 Å². The number of carbonyl (C=O) groups is 1. The average Bonchev–Trinajstić information content (AvgIpc) is 2.54. The molecule has 2 N–H and O–H groups in total. The predicted molar refractivity (Wildman–Crippen MR) is 90.6 cm³/mol. The van der Waals surface area contributed by atoms with Gasteiger partial charge < -0.3 is 15.2 Å². The first-order valence-electron chi connectivity index (χ1n) is 7.86. The van der Waals surface area contributed by atoms with Crippen LogP contribution in [0.4, 0.5) is 4.39 Å². The van der Waals surface area contributed by atoms with E-state index in [1.165, 1.54) is 6.07 Å². The van der Waals surface area contributed by atoms with Crippen molar-refractivity contribution in [3.63, 3.8) is 0 Å². The van der Waals surface area contributed by atoms with Crippen LogP contribution in [0.3, 0.4) is 0 Å². The molecule has 4 nitrogen and oxygen atoms in total. The smallest absolute Gasteiger partial charge is 0.254 e. The zero-order valence-corrected chi connectivity index (χ0v) is 14.0. The maximum atomic E-state index is 13.9.